The van der Waals surface area contributed by atoms with E-state index in [1.165, 1.54) is 11.1 Å². The highest BCUT2D eigenvalue weighted by molar-refractivity contribution is 5.35. The van der Waals surface area contributed by atoms with E-state index in [0.29, 0.717) is 0 Å². The van der Waals surface area contributed by atoms with E-state index in [2.05, 4.69) is 32.2 Å². The quantitative estimate of drug-likeness (QED) is 0.769. The number of rotatable bonds is 3. The second-order valence-corrected chi connectivity index (χ2v) is 4.18. The summed E-state index contributed by atoms with van der Waals surface area (Å²) in [6.45, 7) is 6.48. The van der Waals surface area contributed by atoms with Crippen molar-refractivity contribution in [1.29, 1.82) is 0 Å². The van der Waals surface area contributed by atoms with Crippen molar-refractivity contribution in [3.05, 3.63) is 34.9 Å². The highest BCUT2D eigenvalue weighted by Gasteiger charge is 2.19. The molecule has 0 spiro atoms. The van der Waals surface area contributed by atoms with E-state index in [0.717, 1.165) is 5.56 Å². The van der Waals surface area contributed by atoms with Gasteiger partial charge in [-0.1, -0.05) is 18.2 Å². The van der Waals surface area contributed by atoms with Gasteiger partial charge in [-0.2, -0.15) is 0 Å². The predicted molar refractivity (Wildman–Crippen MR) is 59.2 cm³/mol. The summed E-state index contributed by atoms with van der Waals surface area (Å²) >= 11 is 0. The molecule has 0 unspecified atom stereocenters. The molecule has 2 N–H and O–H groups in total. The van der Waals surface area contributed by atoms with Gasteiger partial charge in [-0.25, -0.2) is 0 Å². The van der Waals surface area contributed by atoms with E-state index < -0.39 is 0 Å². The average Bonchev–Trinajstić information content (AvgIpc) is 2.17. The van der Waals surface area contributed by atoms with Gasteiger partial charge in [0.05, 0.1) is 6.61 Å². The number of nitrogens with one attached hydrogen (secondary N) is 1. The van der Waals surface area contributed by atoms with Crippen molar-refractivity contribution in [3.8, 4) is 0 Å². The molecule has 78 valence electrons. The summed E-state index contributed by atoms with van der Waals surface area (Å²) in [5.74, 6) is 0. The largest absolute Gasteiger partial charge is 0.392 e. The molecule has 1 rings (SSSR count). The molecule has 0 aliphatic carbocycles. The molecule has 0 aliphatic rings. The van der Waals surface area contributed by atoms with Crippen LogP contribution < -0.4 is 5.32 Å². The Morgan fingerprint density at radius 1 is 1.36 bits per heavy atom. The summed E-state index contributed by atoms with van der Waals surface area (Å²) in [4.78, 5) is 0. The van der Waals surface area contributed by atoms with Crippen LogP contribution >= 0.6 is 0 Å². The fourth-order valence-corrected chi connectivity index (χ4v) is 1.66. The molecule has 0 saturated heterocycles. The third-order valence-electron chi connectivity index (χ3n) is 2.77. The van der Waals surface area contributed by atoms with Crippen LogP contribution in [0.4, 0.5) is 0 Å². The summed E-state index contributed by atoms with van der Waals surface area (Å²) in [6.07, 6.45) is 0. The fraction of sp³-hybridized carbons (Fsp3) is 0.500. The molecule has 1 aromatic carbocycles. The highest BCUT2D eigenvalue weighted by atomic mass is 16.3. The molecule has 0 aliphatic heterocycles. The van der Waals surface area contributed by atoms with Gasteiger partial charge in [0.2, 0.25) is 0 Å². The zero-order valence-electron chi connectivity index (χ0n) is 9.39. The van der Waals surface area contributed by atoms with Crippen LogP contribution in [0.2, 0.25) is 0 Å². The second-order valence-electron chi connectivity index (χ2n) is 4.18. The van der Waals surface area contributed by atoms with Crippen molar-refractivity contribution in [1.82, 2.24) is 5.32 Å². The lowest BCUT2D eigenvalue weighted by atomic mass is 9.90. The molecule has 0 bridgehead atoms. The van der Waals surface area contributed by atoms with E-state index in [1.807, 2.05) is 19.2 Å². The third kappa shape index (κ3) is 2.14. The Kier molecular flexibility index (Phi) is 3.29. The van der Waals surface area contributed by atoms with Crippen molar-refractivity contribution < 1.29 is 5.11 Å². The minimum absolute atomic E-state index is 0.0158. The van der Waals surface area contributed by atoms with E-state index in [1.54, 1.807) is 0 Å². The summed E-state index contributed by atoms with van der Waals surface area (Å²) < 4.78 is 0. The fourth-order valence-electron chi connectivity index (χ4n) is 1.66. The maximum atomic E-state index is 9.00. The molecule has 1 aromatic rings. The van der Waals surface area contributed by atoms with Gasteiger partial charge in [-0.15, -0.1) is 0 Å². The van der Waals surface area contributed by atoms with Crippen LogP contribution in [-0.4, -0.2) is 12.2 Å². The van der Waals surface area contributed by atoms with Crippen LogP contribution in [0.25, 0.3) is 0 Å². The number of aliphatic hydroxyl groups is 1. The van der Waals surface area contributed by atoms with Gasteiger partial charge in [-0.3, -0.25) is 0 Å². The van der Waals surface area contributed by atoms with Gasteiger partial charge in [0.1, 0.15) is 0 Å². The third-order valence-corrected chi connectivity index (χ3v) is 2.77. The van der Waals surface area contributed by atoms with Gasteiger partial charge < -0.3 is 10.4 Å². The van der Waals surface area contributed by atoms with Gasteiger partial charge in [0.25, 0.3) is 0 Å². The Hall–Kier alpha value is -0.860. The Morgan fingerprint density at radius 3 is 2.43 bits per heavy atom. The summed E-state index contributed by atoms with van der Waals surface area (Å²) in [6, 6.07) is 6.09. The molecule has 2 nitrogen and oxygen atoms in total. The smallest absolute Gasteiger partial charge is 0.0681 e. The van der Waals surface area contributed by atoms with Crippen molar-refractivity contribution in [2.75, 3.05) is 7.05 Å². The zero-order valence-corrected chi connectivity index (χ0v) is 9.39. The van der Waals surface area contributed by atoms with Gasteiger partial charge in [0.15, 0.2) is 0 Å². The Morgan fingerprint density at radius 2 is 2.00 bits per heavy atom. The molecular weight excluding hydrogens is 174 g/mol. The highest BCUT2D eigenvalue weighted by Crippen LogP contribution is 2.23. The summed E-state index contributed by atoms with van der Waals surface area (Å²) in [7, 11) is 1.96. The first kappa shape index (κ1) is 11.2. The summed E-state index contributed by atoms with van der Waals surface area (Å²) in [5, 5.41) is 12.3. The minimum atomic E-state index is -0.0158. The zero-order chi connectivity index (χ0) is 10.8. The normalized spacial score (nSPS) is 11.8. The van der Waals surface area contributed by atoms with E-state index in [-0.39, 0.29) is 12.1 Å². The molecule has 0 saturated carbocycles. The molecule has 14 heavy (non-hydrogen) atoms. The van der Waals surface area contributed by atoms with Crippen LogP contribution in [0.5, 0.6) is 0 Å². The molecule has 2 heteroatoms. The van der Waals surface area contributed by atoms with Gasteiger partial charge >= 0.3 is 0 Å². The molecule has 0 fully saturated rings. The first-order chi connectivity index (χ1) is 6.51. The Labute approximate surface area is 86.0 Å². The SMILES string of the molecule is CNC(C)(C)c1ccc(CO)cc1C. The summed E-state index contributed by atoms with van der Waals surface area (Å²) in [5.41, 5.74) is 3.45. The van der Waals surface area contributed by atoms with E-state index >= 15 is 0 Å². The van der Waals surface area contributed by atoms with Crippen LogP contribution in [0.3, 0.4) is 0 Å². The van der Waals surface area contributed by atoms with Crippen LogP contribution in [0.15, 0.2) is 18.2 Å². The number of aliphatic hydroxyl groups excluding tert-OH is 1. The maximum absolute atomic E-state index is 9.00. The minimum Gasteiger partial charge on any atom is -0.392 e. The number of hydrogen-bond donors (Lipinski definition) is 2. The first-order valence-electron chi connectivity index (χ1n) is 4.91. The van der Waals surface area contributed by atoms with E-state index in [4.69, 9.17) is 5.11 Å². The van der Waals surface area contributed by atoms with Gasteiger partial charge in [-0.05, 0) is 44.5 Å². The second kappa shape index (κ2) is 4.11. The lowest BCUT2D eigenvalue weighted by Gasteiger charge is -2.26. The average molecular weight is 193 g/mol. The van der Waals surface area contributed by atoms with Crippen LogP contribution in [0.1, 0.15) is 30.5 Å². The number of benzene rings is 1. The van der Waals surface area contributed by atoms with Crippen LogP contribution in [0, 0.1) is 6.92 Å². The predicted octanol–water partition coefficient (Wildman–Crippen LogP) is 1.94. The topological polar surface area (TPSA) is 32.3 Å². The lowest BCUT2D eigenvalue weighted by molar-refractivity contribution is 0.281. The maximum Gasteiger partial charge on any atom is 0.0681 e. The molecule has 0 aromatic heterocycles. The van der Waals surface area contributed by atoms with Crippen LogP contribution in [-0.2, 0) is 12.1 Å². The van der Waals surface area contributed by atoms with Crippen molar-refractivity contribution in [2.45, 2.75) is 32.9 Å². The van der Waals surface area contributed by atoms with Crippen molar-refractivity contribution in [3.63, 3.8) is 0 Å². The number of hydrogen-bond acceptors (Lipinski definition) is 2. The first-order valence-corrected chi connectivity index (χ1v) is 4.91. The molecule has 0 radical (unpaired) electrons. The molecular formula is C12H19NO. The van der Waals surface area contributed by atoms with Crippen molar-refractivity contribution in [2.24, 2.45) is 0 Å². The van der Waals surface area contributed by atoms with Gasteiger partial charge in [0, 0.05) is 5.54 Å². The van der Waals surface area contributed by atoms with Crippen molar-refractivity contribution >= 4 is 0 Å². The Bertz CT molecular complexity index is 318. The molecule has 0 heterocycles. The standard InChI is InChI=1S/C12H19NO/c1-9-7-10(8-14)5-6-11(9)12(2,3)13-4/h5-7,13-14H,8H2,1-4H3. The molecule has 0 amide bonds. The Balaban J connectivity index is 3.12. The number of aryl methyl sites for hydroxylation is 1. The monoisotopic (exact) mass is 193 g/mol. The molecule has 0 atom stereocenters. The lowest BCUT2D eigenvalue weighted by Crippen LogP contribution is -2.33. The van der Waals surface area contributed by atoms with E-state index in [9.17, 15) is 0 Å².